The van der Waals surface area contributed by atoms with Crippen molar-refractivity contribution in [3.63, 3.8) is 0 Å². The van der Waals surface area contributed by atoms with E-state index in [1.54, 1.807) is 0 Å². The molecule has 1 aliphatic heterocycles. The Morgan fingerprint density at radius 3 is 1.59 bits per heavy atom. The molecule has 17 heavy (non-hydrogen) atoms. The number of likely N-dealkylation sites (tertiary alicyclic amines) is 1. The van der Waals surface area contributed by atoms with E-state index in [1.807, 2.05) is 0 Å². The van der Waals surface area contributed by atoms with Crippen molar-refractivity contribution in [2.24, 2.45) is 0 Å². The van der Waals surface area contributed by atoms with E-state index in [2.05, 4.69) is 32.6 Å². The lowest BCUT2D eigenvalue weighted by Crippen LogP contribution is -2.63. The molecule has 0 amide bonds. The maximum atomic E-state index is 6.08. The molecule has 0 aromatic carbocycles. The van der Waals surface area contributed by atoms with Crippen LogP contribution in [-0.2, 0) is 0 Å². The largest absolute Gasteiger partial charge is 0.291 e. The van der Waals surface area contributed by atoms with Crippen LogP contribution >= 0.6 is 11.6 Å². The van der Waals surface area contributed by atoms with Crippen LogP contribution in [0.1, 0.15) is 72.6 Å². The Morgan fingerprint density at radius 1 is 0.882 bits per heavy atom. The average molecular weight is 260 g/mol. The molecule has 0 aromatic heterocycles. The standard InChI is InChI=1S/C15H30ClN/c1-5-14(6-2)10-9-11-15(7-3,8-4)17(14)13-12-16/h5-13H2,1-4H3. The molecule has 0 radical (unpaired) electrons. The van der Waals surface area contributed by atoms with E-state index >= 15 is 0 Å². The first-order valence-electron chi connectivity index (χ1n) is 7.48. The van der Waals surface area contributed by atoms with Gasteiger partial charge in [0.25, 0.3) is 0 Å². The molecule has 0 bridgehead atoms. The van der Waals surface area contributed by atoms with E-state index < -0.39 is 0 Å². The predicted octanol–water partition coefficient (Wildman–Crippen LogP) is 4.83. The molecule has 0 unspecified atom stereocenters. The third-order valence-electron chi connectivity index (χ3n) is 5.37. The zero-order chi connectivity index (χ0) is 12.9. The van der Waals surface area contributed by atoms with E-state index in [-0.39, 0.29) is 0 Å². The van der Waals surface area contributed by atoms with E-state index in [0.29, 0.717) is 11.1 Å². The van der Waals surface area contributed by atoms with Crippen LogP contribution in [0.4, 0.5) is 0 Å². The van der Waals surface area contributed by atoms with Gasteiger partial charge in [0.05, 0.1) is 0 Å². The summed E-state index contributed by atoms with van der Waals surface area (Å²) < 4.78 is 0. The molecule has 1 aliphatic rings. The minimum Gasteiger partial charge on any atom is -0.291 e. The highest BCUT2D eigenvalue weighted by Crippen LogP contribution is 2.45. The summed E-state index contributed by atoms with van der Waals surface area (Å²) in [4.78, 5) is 2.79. The summed E-state index contributed by atoms with van der Waals surface area (Å²) in [5.41, 5.74) is 0.832. The molecule has 1 heterocycles. The van der Waals surface area contributed by atoms with Crippen LogP contribution in [0.15, 0.2) is 0 Å². The van der Waals surface area contributed by atoms with Crippen LogP contribution in [0.2, 0.25) is 0 Å². The second kappa shape index (κ2) is 6.43. The van der Waals surface area contributed by atoms with Crippen molar-refractivity contribution in [2.75, 3.05) is 12.4 Å². The molecule has 1 saturated heterocycles. The number of piperidine rings is 1. The molecular formula is C15H30ClN. The number of hydrogen-bond donors (Lipinski definition) is 0. The zero-order valence-corrected chi connectivity index (χ0v) is 12.9. The summed E-state index contributed by atoms with van der Waals surface area (Å²) in [6.45, 7) is 10.5. The normalized spacial score (nSPS) is 23.8. The fourth-order valence-corrected chi connectivity index (χ4v) is 4.22. The first-order chi connectivity index (χ1) is 8.14. The molecule has 0 aromatic rings. The highest BCUT2D eigenvalue weighted by molar-refractivity contribution is 6.18. The maximum absolute atomic E-state index is 6.08. The molecule has 0 N–H and O–H groups in total. The highest BCUT2D eigenvalue weighted by Gasteiger charge is 2.47. The Bertz CT molecular complexity index is 199. The smallest absolute Gasteiger partial charge is 0.0351 e. The molecule has 0 aliphatic carbocycles. The van der Waals surface area contributed by atoms with Gasteiger partial charge in [-0.1, -0.05) is 27.7 Å². The minimum atomic E-state index is 0.416. The SMILES string of the molecule is CCC1(CC)CCCC(CC)(CC)N1CCCl. The van der Waals surface area contributed by atoms with Crippen LogP contribution in [0.25, 0.3) is 0 Å². The zero-order valence-electron chi connectivity index (χ0n) is 12.2. The Kier molecular flexibility index (Phi) is 5.79. The first-order valence-corrected chi connectivity index (χ1v) is 8.01. The lowest BCUT2D eigenvalue weighted by atomic mass is 9.71. The molecule has 1 nitrogen and oxygen atoms in total. The predicted molar refractivity (Wildman–Crippen MR) is 77.9 cm³/mol. The van der Waals surface area contributed by atoms with Crippen LogP contribution in [-0.4, -0.2) is 28.4 Å². The van der Waals surface area contributed by atoms with Gasteiger partial charge >= 0.3 is 0 Å². The van der Waals surface area contributed by atoms with Crippen molar-refractivity contribution in [1.82, 2.24) is 4.90 Å². The van der Waals surface area contributed by atoms with E-state index in [4.69, 9.17) is 11.6 Å². The number of alkyl halides is 1. The van der Waals surface area contributed by atoms with E-state index in [1.165, 1.54) is 44.9 Å². The van der Waals surface area contributed by atoms with E-state index in [0.717, 1.165) is 12.4 Å². The molecule has 0 atom stereocenters. The van der Waals surface area contributed by atoms with Crippen LogP contribution < -0.4 is 0 Å². The van der Waals surface area contributed by atoms with Crippen molar-refractivity contribution >= 4 is 11.6 Å². The summed E-state index contributed by atoms with van der Waals surface area (Å²) in [6.07, 6.45) is 9.17. The Labute approximate surface area is 113 Å². The summed E-state index contributed by atoms with van der Waals surface area (Å²) in [5.74, 6) is 0.767. The maximum Gasteiger partial charge on any atom is 0.0351 e. The summed E-state index contributed by atoms with van der Waals surface area (Å²) in [5, 5.41) is 0. The second-order valence-electron chi connectivity index (χ2n) is 5.56. The van der Waals surface area contributed by atoms with Gasteiger partial charge in [0, 0.05) is 23.5 Å². The van der Waals surface area contributed by atoms with Crippen LogP contribution in [0.3, 0.4) is 0 Å². The van der Waals surface area contributed by atoms with Crippen LogP contribution in [0, 0.1) is 0 Å². The van der Waals surface area contributed by atoms with Crippen molar-refractivity contribution < 1.29 is 0 Å². The van der Waals surface area contributed by atoms with Gasteiger partial charge in [-0.3, -0.25) is 4.90 Å². The van der Waals surface area contributed by atoms with Gasteiger partial charge in [-0.2, -0.15) is 0 Å². The fraction of sp³-hybridized carbons (Fsp3) is 1.00. The number of halogens is 1. The topological polar surface area (TPSA) is 3.24 Å². The van der Waals surface area contributed by atoms with Crippen molar-refractivity contribution in [2.45, 2.75) is 83.7 Å². The Balaban J connectivity index is 3.06. The lowest BCUT2D eigenvalue weighted by Gasteiger charge is -2.58. The molecule has 1 rings (SSSR count). The number of rotatable bonds is 6. The van der Waals surface area contributed by atoms with Gasteiger partial charge < -0.3 is 0 Å². The highest BCUT2D eigenvalue weighted by atomic mass is 35.5. The molecule has 102 valence electrons. The second-order valence-corrected chi connectivity index (χ2v) is 5.94. The quantitative estimate of drug-likeness (QED) is 0.618. The molecule has 2 heteroatoms. The third kappa shape index (κ3) is 2.66. The summed E-state index contributed by atoms with van der Waals surface area (Å²) in [6, 6.07) is 0. The van der Waals surface area contributed by atoms with Crippen molar-refractivity contribution in [3.05, 3.63) is 0 Å². The first kappa shape index (κ1) is 15.3. The van der Waals surface area contributed by atoms with E-state index in [9.17, 15) is 0 Å². The molecular weight excluding hydrogens is 230 g/mol. The van der Waals surface area contributed by atoms with Gasteiger partial charge in [0.2, 0.25) is 0 Å². The lowest BCUT2D eigenvalue weighted by molar-refractivity contribution is -0.0700. The summed E-state index contributed by atoms with van der Waals surface area (Å²) >= 11 is 6.08. The van der Waals surface area contributed by atoms with Gasteiger partial charge in [0.15, 0.2) is 0 Å². The van der Waals surface area contributed by atoms with Crippen molar-refractivity contribution in [3.8, 4) is 0 Å². The van der Waals surface area contributed by atoms with Gasteiger partial charge in [-0.05, 0) is 44.9 Å². The Morgan fingerprint density at radius 2 is 1.29 bits per heavy atom. The van der Waals surface area contributed by atoms with Crippen LogP contribution in [0.5, 0.6) is 0 Å². The number of hydrogen-bond acceptors (Lipinski definition) is 1. The van der Waals surface area contributed by atoms with Gasteiger partial charge in [-0.15, -0.1) is 11.6 Å². The fourth-order valence-electron chi connectivity index (χ4n) is 4.05. The average Bonchev–Trinajstić information content (AvgIpc) is 2.40. The third-order valence-corrected chi connectivity index (χ3v) is 5.54. The molecule has 0 spiro atoms. The monoisotopic (exact) mass is 259 g/mol. The number of nitrogens with zero attached hydrogens (tertiary/aromatic N) is 1. The van der Waals surface area contributed by atoms with Gasteiger partial charge in [0.1, 0.15) is 0 Å². The van der Waals surface area contributed by atoms with Crippen molar-refractivity contribution in [1.29, 1.82) is 0 Å². The Hall–Kier alpha value is 0.250. The van der Waals surface area contributed by atoms with Gasteiger partial charge in [-0.25, -0.2) is 0 Å². The molecule has 1 fully saturated rings. The summed E-state index contributed by atoms with van der Waals surface area (Å²) in [7, 11) is 0. The minimum absolute atomic E-state index is 0.416. The molecule has 0 saturated carbocycles.